The molecule has 0 bridgehead atoms. The number of rotatable bonds is 4. The molecule has 1 aliphatic rings. The Labute approximate surface area is 124 Å². The molecule has 0 unspecified atom stereocenters. The average Bonchev–Trinajstić information content (AvgIpc) is 2.86. The highest BCUT2D eigenvalue weighted by molar-refractivity contribution is 7.18. The largest absolute Gasteiger partial charge is 0.356 e. The molecule has 2 aromatic rings. The van der Waals surface area contributed by atoms with Crippen molar-refractivity contribution in [1.29, 1.82) is 0 Å². The Morgan fingerprint density at radius 1 is 1.35 bits per heavy atom. The van der Waals surface area contributed by atoms with Crippen LogP contribution in [0, 0.1) is 12.8 Å². The summed E-state index contributed by atoms with van der Waals surface area (Å²) in [5.41, 5.74) is 0. The maximum atomic E-state index is 4.56. The molecule has 4 nitrogen and oxygen atoms in total. The molecule has 0 saturated carbocycles. The molecule has 1 fully saturated rings. The lowest BCUT2D eigenvalue weighted by Gasteiger charge is -2.30. The summed E-state index contributed by atoms with van der Waals surface area (Å²) in [4.78, 5) is 13.8. The van der Waals surface area contributed by atoms with Crippen LogP contribution >= 0.6 is 11.3 Å². The summed E-state index contributed by atoms with van der Waals surface area (Å²) < 4.78 is 0. The number of fused-ring (bicyclic) bond motifs is 1. The molecular formula is C15H22N4S. The summed E-state index contributed by atoms with van der Waals surface area (Å²) in [6.07, 6.45) is 4.25. The second-order valence-electron chi connectivity index (χ2n) is 5.51. The van der Waals surface area contributed by atoms with Crippen molar-refractivity contribution in [2.45, 2.75) is 26.7 Å². The first kappa shape index (κ1) is 13.8. The number of nitrogens with one attached hydrogen (secondary N) is 1. The van der Waals surface area contributed by atoms with Gasteiger partial charge in [-0.25, -0.2) is 9.97 Å². The monoisotopic (exact) mass is 290 g/mol. The molecule has 3 heterocycles. The fourth-order valence-electron chi connectivity index (χ4n) is 2.96. The standard InChI is InChI=1S/C15H22N4S/c1-3-19(9-12-4-6-16-7-5-12)14-13-8-11(2)20-15(13)18-10-17-14/h8,10,12,16H,3-7,9H2,1-2H3. The lowest BCUT2D eigenvalue weighted by molar-refractivity contribution is 0.374. The quantitative estimate of drug-likeness (QED) is 0.940. The Morgan fingerprint density at radius 3 is 2.90 bits per heavy atom. The van der Waals surface area contributed by atoms with Crippen LogP contribution in [0.25, 0.3) is 10.2 Å². The zero-order chi connectivity index (χ0) is 13.9. The fraction of sp³-hybridized carbons (Fsp3) is 0.600. The summed E-state index contributed by atoms with van der Waals surface area (Å²) in [7, 11) is 0. The van der Waals surface area contributed by atoms with Gasteiger partial charge in [0.05, 0.1) is 5.39 Å². The lowest BCUT2D eigenvalue weighted by atomic mass is 9.97. The molecule has 2 aromatic heterocycles. The maximum Gasteiger partial charge on any atom is 0.140 e. The van der Waals surface area contributed by atoms with Crippen molar-refractivity contribution in [3.63, 3.8) is 0 Å². The topological polar surface area (TPSA) is 41.0 Å². The Kier molecular flexibility index (Phi) is 4.17. The van der Waals surface area contributed by atoms with E-state index in [2.05, 4.69) is 40.1 Å². The number of piperidine rings is 1. The van der Waals surface area contributed by atoms with E-state index in [1.165, 1.54) is 23.1 Å². The Hall–Kier alpha value is -1.20. The zero-order valence-corrected chi connectivity index (χ0v) is 13.0. The van der Waals surface area contributed by atoms with Crippen molar-refractivity contribution < 1.29 is 0 Å². The van der Waals surface area contributed by atoms with Gasteiger partial charge >= 0.3 is 0 Å². The minimum Gasteiger partial charge on any atom is -0.356 e. The molecule has 0 atom stereocenters. The summed E-state index contributed by atoms with van der Waals surface area (Å²) in [5, 5.41) is 4.65. The SMILES string of the molecule is CCN(CC1CCNCC1)c1ncnc2sc(C)cc12. The second-order valence-corrected chi connectivity index (χ2v) is 6.74. The molecule has 1 saturated heterocycles. The van der Waals surface area contributed by atoms with Crippen molar-refractivity contribution in [3.8, 4) is 0 Å². The normalized spacial score (nSPS) is 16.7. The van der Waals surface area contributed by atoms with Gasteiger partial charge in [0.25, 0.3) is 0 Å². The third-order valence-electron chi connectivity index (χ3n) is 4.05. The zero-order valence-electron chi connectivity index (χ0n) is 12.2. The first-order valence-electron chi connectivity index (χ1n) is 7.44. The van der Waals surface area contributed by atoms with Gasteiger partial charge in [0.1, 0.15) is 17.0 Å². The van der Waals surface area contributed by atoms with Gasteiger partial charge < -0.3 is 10.2 Å². The minimum absolute atomic E-state index is 0.779. The number of anilines is 1. The van der Waals surface area contributed by atoms with Crippen LogP contribution < -0.4 is 10.2 Å². The molecule has 20 heavy (non-hydrogen) atoms. The molecule has 0 aromatic carbocycles. The van der Waals surface area contributed by atoms with Crippen molar-refractivity contribution in [2.24, 2.45) is 5.92 Å². The number of thiophene rings is 1. The molecule has 1 N–H and O–H groups in total. The average molecular weight is 290 g/mol. The predicted molar refractivity (Wildman–Crippen MR) is 85.6 cm³/mol. The molecule has 0 radical (unpaired) electrons. The van der Waals surface area contributed by atoms with E-state index in [0.29, 0.717) is 0 Å². The van der Waals surface area contributed by atoms with Gasteiger partial charge in [0.2, 0.25) is 0 Å². The molecule has 0 amide bonds. The van der Waals surface area contributed by atoms with Crippen LogP contribution in [0.15, 0.2) is 12.4 Å². The second kappa shape index (κ2) is 6.06. The molecular weight excluding hydrogens is 268 g/mol. The third-order valence-corrected chi connectivity index (χ3v) is 5.01. The van der Waals surface area contributed by atoms with Crippen molar-refractivity contribution in [3.05, 3.63) is 17.3 Å². The molecule has 108 valence electrons. The van der Waals surface area contributed by atoms with Crippen molar-refractivity contribution >= 4 is 27.4 Å². The van der Waals surface area contributed by atoms with Crippen molar-refractivity contribution in [1.82, 2.24) is 15.3 Å². The van der Waals surface area contributed by atoms with Gasteiger partial charge in [-0.3, -0.25) is 0 Å². The predicted octanol–water partition coefficient (Wildman–Crippen LogP) is 2.83. The molecule has 0 spiro atoms. The van der Waals surface area contributed by atoms with Gasteiger partial charge in [-0.1, -0.05) is 0 Å². The van der Waals surface area contributed by atoms with E-state index in [-0.39, 0.29) is 0 Å². The first-order chi connectivity index (χ1) is 9.78. The molecule has 5 heteroatoms. The van der Waals surface area contributed by atoms with Crippen LogP contribution in [0.2, 0.25) is 0 Å². The number of aromatic nitrogens is 2. The molecule has 0 aliphatic carbocycles. The molecule has 1 aliphatic heterocycles. The van der Waals surface area contributed by atoms with Crippen molar-refractivity contribution in [2.75, 3.05) is 31.1 Å². The van der Waals surface area contributed by atoms with Crippen LogP contribution in [0.5, 0.6) is 0 Å². The van der Waals surface area contributed by atoms with E-state index in [1.807, 2.05) is 0 Å². The smallest absolute Gasteiger partial charge is 0.140 e. The van der Waals surface area contributed by atoms with Crippen LogP contribution in [-0.2, 0) is 0 Å². The van der Waals surface area contributed by atoms with Crippen LogP contribution in [0.1, 0.15) is 24.6 Å². The maximum absolute atomic E-state index is 4.56. The van der Waals surface area contributed by atoms with E-state index < -0.39 is 0 Å². The number of hydrogen-bond donors (Lipinski definition) is 1. The molecule has 3 rings (SSSR count). The van der Waals surface area contributed by atoms with E-state index in [4.69, 9.17) is 0 Å². The summed E-state index contributed by atoms with van der Waals surface area (Å²) in [6.45, 7) is 8.77. The van der Waals surface area contributed by atoms with Crippen LogP contribution in [0.3, 0.4) is 0 Å². The van der Waals surface area contributed by atoms with Gasteiger partial charge in [-0.2, -0.15) is 0 Å². The summed E-state index contributed by atoms with van der Waals surface area (Å²) in [6, 6.07) is 2.22. The highest BCUT2D eigenvalue weighted by Crippen LogP contribution is 2.30. The van der Waals surface area contributed by atoms with E-state index >= 15 is 0 Å². The summed E-state index contributed by atoms with van der Waals surface area (Å²) in [5.74, 6) is 1.89. The third kappa shape index (κ3) is 2.79. The number of nitrogens with zero attached hydrogens (tertiary/aromatic N) is 3. The Bertz CT molecular complexity index is 574. The number of aryl methyl sites for hydroxylation is 1. The van der Waals surface area contributed by atoms with Crippen LogP contribution in [-0.4, -0.2) is 36.1 Å². The van der Waals surface area contributed by atoms with Gasteiger partial charge in [-0.15, -0.1) is 11.3 Å². The Balaban J connectivity index is 1.86. The highest BCUT2D eigenvalue weighted by atomic mass is 32.1. The Morgan fingerprint density at radius 2 is 2.15 bits per heavy atom. The number of hydrogen-bond acceptors (Lipinski definition) is 5. The van der Waals surface area contributed by atoms with Gasteiger partial charge in [0.15, 0.2) is 0 Å². The van der Waals surface area contributed by atoms with E-state index in [0.717, 1.165) is 42.7 Å². The van der Waals surface area contributed by atoms with Gasteiger partial charge in [0, 0.05) is 18.0 Å². The lowest BCUT2D eigenvalue weighted by Crippen LogP contribution is -2.36. The van der Waals surface area contributed by atoms with E-state index in [1.54, 1.807) is 17.7 Å². The van der Waals surface area contributed by atoms with Gasteiger partial charge in [-0.05, 0) is 51.8 Å². The highest BCUT2D eigenvalue weighted by Gasteiger charge is 2.19. The minimum atomic E-state index is 0.779. The van der Waals surface area contributed by atoms with E-state index in [9.17, 15) is 0 Å². The summed E-state index contributed by atoms with van der Waals surface area (Å²) >= 11 is 1.75. The van der Waals surface area contributed by atoms with Crippen LogP contribution in [0.4, 0.5) is 5.82 Å². The fourth-order valence-corrected chi connectivity index (χ4v) is 3.80. The first-order valence-corrected chi connectivity index (χ1v) is 8.26.